The molecule has 0 fully saturated rings. The molecule has 0 N–H and O–H groups in total. The van der Waals surface area contributed by atoms with E-state index in [1.807, 2.05) is 0 Å². The molecule has 0 amide bonds. The zero-order valence-corrected chi connectivity index (χ0v) is 8.44. The average molecular weight is 209 g/mol. The highest BCUT2D eigenvalue weighted by Crippen LogP contribution is 2.30. The van der Waals surface area contributed by atoms with Gasteiger partial charge >= 0.3 is 0 Å². The van der Waals surface area contributed by atoms with E-state index in [1.54, 1.807) is 20.8 Å². The van der Waals surface area contributed by atoms with Crippen LogP contribution in [0, 0.1) is 0 Å². The maximum atomic E-state index is 12.5. The van der Waals surface area contributed by atoms with E-state index in [0.717, 1.165) is 0 Å². The quantitative estimate of drug-likeness (QED) is 0.693. The summed E-state index contributed by atoms with van der Waals surface area (Å²) >= 11 is 5.58. The van der Waals surface area contributed by atoms with Crippen LogP contribution in [0.25, 0.3) is 0 Å². The summed E-state index contributed by atoms with van der Waals surface area (Å²) in [5.74, 6) is 0. The molecule has 1 aromatic heterocycles. The molecular formula is C8H11ClF2N2. The van der Waals surface area contributed by atoms with Crippen LogP contribution in [0.15, 0.2) is 6.20 Å². The van der Waals surface area contributed by atoms with E-state index in [-0.39, 0.29) is 10.7 Å². The van der Waals surface area contributed by atoms with Crippen LogP contribution in [0.1, 0.15) is 32.9 Å². The molecule has 0 saturated heterocycles. The second-order valence-corrected chi connectivity index (χ2v) is 4.17. The van der Waals surface area contributed by atoms with Crippen LogP contribution in [0.4, 0.5) is 8.78 Å². The fourth-order valence-electron chi connectivity index (χ4n) is 1.07. The first kappa shape index (κ1) is 10.4. The zero-order valence-electron chi connectivity index (χ0n) is 7.68. The van der Waals surface area contributed by atoms with E-state index in [1.165, 1.54) is 10.9 Å². The summed E-state index contributed by atoms with van der Waals surface area (Å²) in [4.78, 5) is 0. The molecule has 0 radical (unpaired) electrons. The number of halogens is 3. The molecule has 0 aliphatic carbocycles. The van der Waals surface area contributed by atoms with Gasteiger partial charge in [0.1, 0.15) is 5.69 Å². The summed E-state index contributed by atoms with van der Waals surface area (Å²) in [6.07, 6.45) is -1.34. The number of rotatable bonds is 1. The summed E-state index contributed by atoms with van der Waals surface area (Å²) in [6.45, 7) is 5.38. The Labute approximate surface area is 80.5 Å². The first-order valence-corrected chi connectivity index (χ1v) is 4.24. The van der Waals surface area contributed by atoms with Crippen molar-refractivity contribution in [3.8, 4) is 0 Å². The molecule has 2 nitrogen and oxygen atoms in total. The van der Waals surface area contributed by atoms with Crippen LogP contribution in [-0.4, -0.2) is 9.78 Å². The van der Waals surface area contributed by atoms with Crippen LogP contribution in [-0.2, 0) is 5.54 Å². The normalized spacial score (nSPS) is 12.5. The van der Waals surface area contributed by atoms with E-state index in [2.05, 4.69) is 5.10 Å². The maximum Gasteiger partial charge on any atom is 0.281 e. The largest absolute Gasteiger partial charge is 0.281 e. The Hall–Kier alpha value is -0.640. The highest BCUT2D eigenvalue weighted by molar-refractivity contribution is 6.31. The van der Waals surface area contributed by atoms with Gasteiger partial charge in [0.25, 0.3) is 6.43 Å². The first-order valence-electron chi connectivity index (χ1n) is 3.86. The number of aromatic nitrogens is 2. The van der Waals surface area contributed by atoms with Gasteiger partial charge in [-0.25, -0.2) is 8.78 Å². The summed E-state index contributed by atoms with van der Waals surface area (Å²) in [6, 6.07) is 0. The zero-order chi connectivity index (χ0) is 10.2. The second-order valence-electron chi connectivity index (χ2n) is 3.76. The van der Waals surface area contributed by atoms with Gasteiger partial charge in [0.2, 0.25) is 0 Å². The summed E-state index contributed by atoms with van der Waals surface area (Å²) in [5, 5.41) is 3.83. The molecule has 5 heteroatoms. The lowest BCUT2D eigenvalue weighted by molar-refractivity contribution is 0.130. The SMILES string of the molecule is CC(C)(C)n1ncc(Cl)c1C(F)F. The summed E-state index contributed by atoms with van der Waals surface area (Å²) in [5.41, 5.74) is -0.687. The maximum absolute atomic E-state index is 12.5. The predicted octanol–water partition coefficient (Wildman–Crippen LogP) is 3.23. The van der Waals surface area contributed by atoms with E-state index in [9.17, 15) is 8.78 Å². The van der Waals surface area contributed by atoms with Gasteiger partial charge in [0.15, 0.2) is 0 Å². The Morgan fingerprint density at radius 3 is 2.31 bits per heavy atom. The van der Waals surface area contributed by atoms with E-state index >= 15 is 0 Å². The van der Waals surface area contributed by atoms with E-state index in [0.29, 0.717) is 0 Å². The Morgan fingerprint density at radius 1 is 1.46 bits per heavy atom. The number of alkyl halides is 2. The van der Waals surface area contributed by atoms with Crippen molar-refractivity contribution in [1.82, 2.24) is 9.78 Å². The predicted molar refractivity (Wildman–Crippen MR) is 47.2 cm³/mol. The minimum atomic E-state index is -2.59. The third-order valence-corrected chi connectivity index (χ3v) is 1.89. The molecular weight excluding hydrogens is 198 g/mol. The monoisotopic (exact) mass is 208 g/mol. The Morgan fingerprint density at radius 2 is 2.00 bits per heavy atom. The smallest absolute Gasteiger partial charge is 0.257 e. The van der Waals surface area contributed by atoms with Gasteiger partial charge in [0.05, 0.1) is 16.8 Å². The molecule has 0 saturated carbocycles. The fourth-order valence-corrected chi connectivity index (χ4v) is 1.28. The van der Waals surface area contributed by atoms with Crippen LogP contribution in [0.3, 0.4) is 0 Å². The molecule has 0 atom stereocenters. The van der Waals surface area contributed by atoms with Crippen molar-refractivity contribution in [1.29, 1.82) is 0 Å². The van der Waals surface area contributed by atoms with Crippen molar-refractivity contribution in [3.05, 3.63) is 16.9 Å². The Kier molecular flexibility index (Phi) is 2.61. The van der Waals surface area contributed by atoms with Crippen molar-refractivity contribution in [2.75, 3.05) is 0 Å². The number of hydrogen-bond acceptors (Lipinski definition) is 1. The molecule has 0 aromatic carbocycles. The van der Waals surface area contributed by atoms with Gasteiger partial charge in [-0.05, 0) is 20.8 Å². The van der Waals surface area contributed by atoms with Gasteiger partial charge in [-0.3, -0.25) is 4.68 Å². The molecule has 74 valence electrons. The van der Waals surface area contributed by atoms with Crippen LogP contribution in [0.2, 0.25) is 5.02 Å². The Bertz CT molecular complexity index is 302. The second kappa shape index (κ2) is 3.25. The van der Waals surface area contributed by atoms with Crippen molar-refractivity contribution in [2.45, 2.75) is 32.7 Å². The molecule has 13 heavy (non-hydrogen) atoms. The van der Waals surface area contributed by atoms with Gasteiger partial charge < -0.3 is 0 Å². The standard InChI is InChI=1S/C8H11ClF2N2/c1-8(2,3)13-6(7(10)11)5(9)4-12-13/h4,7H,1-3H3. The van der Waals surface area contributed by atoms with Gasteiger partial charge in [0, 0.05) is 0 Å². The minimum Gasteiger partial charge on any atom is -0.257 e. The average Bonchev–Trinajstić information content (AvgIpc) is 2.28. The van der Waals surface area contributed by atoms with Crippen LogP contribution >= 0.6 is 11.6 Å². The first-order chi connectivity index (χ1) is 5.84. The van der Waals surface area contributed by atoms with Crippen molar-refractivity contribution in [2.24, 2.45) is 0 Å². The molecule has 1 aromatic rings. The highest BCUT2D eigenvalue weighted by atomic mass is 35.5. The Balaban J connectivity index is 3.23. The molecule has 0 spiro atoms. The van der Waals surface area contributed by atoms with E-state index in [4.69, 9.17) is 11.6 Å². The third kappa shape index (κ3) is 1.99. The number of hydrogen-bond donors (Lipinski definition) is 0. The summed E-state index contributed by atoms with van der Waals surface area (Å²) < 4.78 is 26.3. The summed E-state index contributed by atoms with van der Waals surface area (Å²) in [7, 11) is 0. The lowest BCUT2D eigenvalue weighted by Crippen LogP contribution is -2.25. The van der Waals surface area contributed by atoms with Crippen molar-refractivity contribution < 1.29 is 8.78 Å². The topological polar surface area (TPSA) is 17.8 Å². The van der Waals surface area contributed by atoms with E-state index < -0.39 is 12.0 Å². The van der Waals surface area contributed by atoms with Crippen LogP contribution < -0.4 is 0 Å². The van der Waals surface area contributed by atoms with Gasteiger partial charge in [-0.2, -0.15) is 5.10 Å². The van der Waals surface area contributed by atoms with Crippen molar-refractivity contribution >= 4 is 11.6 Å². The fraction of sp³-hybridized carbons (Fsp3) is 0.625. The van der Waals surface area contributed by atoms with Crippen LogP contribution in [0.5, 0.6) is 0 Å². The molecule has 0 unspecified atom stereocenters. The third-order valence-electron chi connectivity index (χ3n) is 1.60. The molecule has 1 heterocycles. The molecule has 0 aliphatic heterocycles. The minimum absolute atomic E-state index is 0.0184. The highest BCUT2D eigenvalue weighted by Gasteiger charge is 2.25. The number of nitrogens with zero attached hydrogens (tertiary/aromatic N) is 2. The van der Waals surface area contributed by atoms with Gasteiger partial charge in [-0.15, -0.1) is 0 Å². The lowest BCUT2D eigenvalue weighted by atomic mass is 10.1. The molecule has 0 bridgehead atoms. The van der Waals surface area contributed by atoms with Gasteiger partial charge in [-0.1, -0.05) is 11.6 Å². The van der Waals surface area contributed by atoms with Crippen molar-refractivity contribution in [3.63, 3.8) is 0 Å². The molecule has 1 rings (SSSR count). The lowest BCUT2D eigenvalue weighted by Gasteiger charge is -2.22. The molecule has 0 aliphatic rings.